The molecule has 0 spiro atoms. The molecule has 22 heavy (non-hydrogen) atoms. The average Bonchev–Trinajstić information content (AvgIpc) is 2.85. The van der Waals surface area contributed by atoms with Crippen molar-refractivity contribution in [2.45, 2.75) is 6.92 Å². The lowest BCUT2D eigenvalue weighted by molar-refractivity contribution is -0.113. The van der Waals surface area contributed by atoms with Crippen LogP contribution in [0.3, 0.4) is 0 Å². The van der Waals surface area contributed by atoms with Gasteiger partial charge in [-0.15, -0.1) is 0 Å². The first-order valence-electron chi connectivity index (χ1n) is 7.17. The normalized spacial score (nSPS) is 16.2. The molecule has 2 aromatic rings. The molecule has 2 aromatic carbocycles. The molecule has 0 radical (unpaired) electrons. The molecule has 1 aliphatic heterocycles. The van der Waals surface area contributed by atoms with Crippen LogP contribution in [0.1, 0.15) is 12.5 Å². The van der Waals surface area contributed by atoms with E-state index in [-0.39, 0.29) is 5.91 Å². The average molecular weight is 308 g/mol. The molecule has 0 atom stereocenters. The van der Waals surface area contributed by atoms with Crippen LogP contribution in [0.5, 0.6) is 0 Å². The number of rotatable bonds is 3. The summed E-state index contributed by atoms with van der Waals surface area (Å²) in [7, 11) is 0. The molecule has 0 saturated heterocycles. The minimum atomic E-state index is -0.0778. The Hall–Kier alpha value is -2.33. The Morgan fingerprint density at radius 2 is 1.68 bits per heavy atom. The van der Waals surface area contributed by atoms with Crippen LogP contribution in [-0.4, -0.2) is 16.8 Å². The summed E-state index contributed by atoms with van der Waals surface area (Å²) in [6.45, 7) is 2.06. The van der Waals surface area contributed by atoms with Crippen LogP contribution in [0.25, 0.3) is 6.08 Å². The molecular formula is C18H16N2OS. The SMILES string of the molecule is CCSC1=NC(=Cc2ccccc2)C(=O)N1c1ccccc1. The summed E-state index contributed by atoms with van der Waals surface area (Å²) in [4.78, 5) is 18.9. The monoisotopic (exact) mass is 308 g/mol. The molecule has 1 amide bonds. The van der Waals surface area contributed by atoms with Crippen molar-refractivity contribution in [1.29, 1.82) is 0 Å². The quantitative estimate of drug-likeness (QED) is 0.797. The Balaban J connectivity index is 1.98. The predicted octanol–water partition coefficient (Wildman–Crippen LogP) is 4.18. The van der Waals surface area contributed by atoms with Gasteiger partial charge in [-0.3, -0.25) is 9.69 Å². The molecule has 0 fully saturated rings. The lowest BCUT2D eigenvalue weighted by atomic mass is 10.2. The fraction of sp³-hybridized carbons (Fsp3) is 0.111. The van der Waals surface area contributed by atoms with Gasteiger partial charge in [-0.2, -0.15) is 0 Å². The standard InChI is InChI=1S/C18H16N2OS/c1-2-22-18-19-16(13-14-9-5-3-6-10-14)17(21)20(18)15-11-7-4-8-12-15/h3-13H,2H2,1H3. The van der Waals surface area contributed by atoms with Gasteiger partial charge in [-0.1, -0.05) is 67.2 Å². The Kier molecular flexibility index (Phi) is 4.39. The van der Waals surface area contributed by atoms with E-state index in [1.165, 1.54) is 0 Å². The van der Waals surface area contributed by atoms with Gasteiger partial charge in [0.15, 0.2) is 5.17 Å². The highest BCUT2D eigenvalue weighted by atomic mass is 32.2. The highest BCUT2D eigenvalue weighted by Crippen LogP contribution is 2.28. The van der Waals surface area contributed by atoms with Crippen LogP contribution in [0.2, 0.25) is 0 Å². The van der Waals surface area contributed by atoms with Crippen molar-refractivity contribution in [3.05, 3.63) is 71.9 Å². The summed E-state index contributed by atoms with van der Waals surface area (Å²) < 4.78 is 0. The van der Waals surface area contributed by atoms with Crippen LogP contribution in [0.4, 0.5) is 5.69 Å². The molecule has 0 aliphatic carbocycles. The third-order valence-corrected chi connectivity index (χ3v) is 4.04. The second-order valence-corrected chi connectivity index (χ2v) is 5.97. The molecule has 0 N–H and O–H groups in total. The van der Waals surface area contributed by atoms with Gasteiger partial charge in [0.05, 0.1) is 5.69 Å². The number of anilines is 1. The van der Waals surface area contributed by atoms with Crippen molar-refractivity contribution in [3.63, 3.8) is 0 Å². The second kappa shape index (κ2) is 6.62. The molecule has 3 nitrogen and oxygen atoms in total. The first-order chi connectivity index (χ1) is 10.8. The summed E-state index contributed by atoms with van der Waals surface area (Å²) in [5.41, 5.74) is 2.31. The van der Waals surface area contributed by atoms with Gasteiger partial charge >= 0.3 is 0 Å². The van der Waals surface area contributed by atoms with E-state index in [0.717, 1.165) is 22.2 Å². The van der Waals surface area contributed by atoms with E-state index >= 15 is 0 Å². The second-order valence-electron chi connectivity index (χ2n) is 4.74. The summed E-state index contributed by atoms with van der Waals surface area (Å²) in [6, 6.07) is 19.4. The van der Waals surface area contributed by atoms with Crippen molar-refractivity contribution in [1.82, 2.24) is 0 Å². The van der Waals surface area contributed by atoms with Crippen LogP contribution in [-0.2, 0) is 4.79 Å². The van der Waals surface area contributed by atoms with Gasteiger partial charge < -0.3 is 0 Å². The number of hydrogen-bond donors (Lipinski definition) is 0. The molecule has 3 rings (SSSR count). The molecule has 0 saturated carbocycles. The number of amides is 1. The summed E-state index contributed by atoms with van der Waals surface area (Å²) in [6.07, 6.45) is 1.83. The lowest BCUT2D eigenvalue weighted by Gasteiger charge is -2.17. The zero-order valence-electron chi connectivity index (χ0n) is 12.3. The lowest BCUT2D eigenvalue weighted by Crippen LogP contribution is -2.30. The summed E-state index contributed by atoms with van der Waals surface area (Å²) >= 11 is 1.57. The summed E-state index contributed by atoms with van der Waals surface area (Å²) in [5.74, 6) is 0.791. The highest BCUT2D eigenvalue weighted by Gasteiger charge is 2.31. The van der Waals surface area contributed by atoms with Crippen LogP contribution >= 0.6 is 11.8 Å². The third kappa shape index (κ3) is 2.97. The first-order valence-corrected chi connectivity index (χ1v) is 8.16. The maximum atomic E-state index is 12.7. The van der Waals surface area contributed by atoms with E-state index in [1.807, 2.05) is 66.7 Å². The van der Waals surface area contributed by atoms with Gasteiger partial charge in [-0.05, 0) is 29.5 Å². The molecule has 0 unspecified atom stereocenters. The number of thioether (sulfide) groups is 1. The van der Waals surface area contributed by atoms with Crippen LogP contribution in [0.15, 0.2) is 71.4 Å². The van der Waals surface area contributed by atoms with E-state index in [9.17, 15) is 4.79 Å². The first kappa shape index (κ1) is 14.6. The van der Waals surface area contributed by atoms with Gasteiger partial charge in [0.25, 0.3) is 5.91 Å². The van der Waals surface area contributed by atoms with Crippen LogP contribution < -0.4 is 4.90 Å². The predicted molar refractivity (Wildman–Crippen MR) is 93.9 cm³/mol. The molecule has 1 heterocycles. The van der Waals surface area contributed by atoms with Crippen molar-refractivity contribution < 1.29 is 4.79 Å². The van der Waals surface area contributed by atoms with Gasteiger partial charge in [0.1, 0.15) is 5.70 Å². The minimum Gasteiger partial charge on any atom is -0.266 e. The number of hydrogen-bond acceptors (Lipinski definition) is 3. The molecule has 0 bridgehead atoms. The highest BCUT2D eigenvalue weighted by molar-refractivity contribution is 8.14. The van der Waals surface area contributed by atoms with E-state index in [2.05, 4.69) is 11.9 Å². The largest absolute Gasteiger partial charge is 0.283 e. The zero-order chi connectivity index (χ0) is 15.4. The Labute approximate surface area is 134 Å². The number of nitrogens with zero attached hydrogens (tertiary/aromatic N) is 2. The number of carbonyl (C=O) groups is 1. The maximum Gasteiger partial charge on any atom is 0.283 e. The molecule has 110 valence electrons. The number of para-hydroxylation sites is 1. The van der Waals surface area contributed by atoms with Gasteiger partial charge in [-0.25, -0.2) is 4.99 Å². The van der Waals surface area contributed by atoms with Crippen LogP contribution in [0, 0.1) is 0 Å². The van der Waals surface area contributed by atoms with Gasteiger partial charge in [0, 0.05) is 0 Å². The Morgan fingerprint density at radius 3 is 2.32 bits per heavy atom. The molecule has 1 aliphatic rings. The van der Waals surface area contributed by atoms with Crippen molar-refractivity contribution >= 4 is 34.6 Å². The molecular weight excluding hydrogens is 292 g/mol. The number of carbonyl (C=O) groups excluding carboxylic acids is 1. The Bertz CT molecular complexity index is 723. The third-order valence-electron chi connectivity index (χ3n) is 3.22. The van der Waals surface area contributed by atoms with Gasteiger partial charge in [0.2, 0.25) is 0 Å². The smallest absolute Gasteiger partial charge is 0.266 e. The Morgan fingerprint density at radius 1 is 1.05 bits per heavy atom. The van der Waals surface area contributed by atoms with E-state index in [1.54, 1.807) is 16.7 Å². The van der Waals surface area contributed by atoms with E-state index in [4.69, 9.17) is 0 Å². The van der Waals surface area contributed by atoms with E-state index < -0.39 is 0 Å². The number of amidine groups is 1. The fourth-order valence-electron chi connectivity index (χ4n) is 2.23. The minimum absolute atomic E-state index is 0.0778. The number of benzene rings is 2. The van der Waals surface area contributed by atoms with Crippen molar-refractivity contribution in [2.24, 2.45) is 4.99 Å². The molecule has 4 heteroatoms. The fourth-order valence-corrected chi connectivity index (χ4v) is 2.97. The summed E-state index contributed by atoms with van der Waals surface area (Å²) in [5, 5.41) is 0.737. The molecule has 0 aromatic heterocycles. The van der Waals surface area contributed by atoms with Crippen molar-refractivity contribution in [2.75, 3.05) is 10.7 Å². The zero-order valence-corrected chi connectivity index (χ0v) is 13.1. The number of aliphatic imine (C=N–C) groups is 1. The maximum absolute atomic E-state index is 12.7. The van der Waals surface area contributed by atoms with Crippen molar-refractivity contribution in [3.8, 4) is 0 Å². The van der Waals surface area contributed by atoms with E-state index in [0.29, 0.717) is 5.70 Å². The topological polar surface area (TPSA) is 32.7 Å².